The predicted octanol–water partition coefficient (Wildman–Crippen LogP) is 1.31. The van der Waals surface area contributed by atoms with Gasteiger partial charge < -0.3 is 24.4 Å². The van der Waals surface area contributed by atoms with Crippen LogP contribution < -0.4 is 10.1 Å². The Kier molecular flexibility index (Phi) is 6.20. The zero-order valence-electron chi connectivity index (χ0n) is 17.7. The van der Waals surface area contributed by atoms with E-state index in [0.29, 0.717) is 44.2 Å². The Morgan fingerprint density at radius 2 is 1.97 bits per heavy atom. The van der Waals surface area contributed by atoms with E-state index < -0.39 is 5.41 Å². The summed E-state index contributed by atoms with van der Waals surface area (Å²) in [4.78, 5) is 32.1. The van der Waals surface area contributed by atoms with Crippen molar-refractivity contribution in [3.05, 3.63) is 59.9 Å². The molecular weight excluding hydrogens is 398 g/mol. The molecule has 4 rings (SSSR count). The van der Waals surface area contributed by atoms with Gasteiger partial charge in [0.25, 0.3) is 5.91 Å². The van der Waals surface area contributed by atoms with Crippen LogP contribution in [0.25, 0.3) is 0 Å². The number of carbonyl (C=O) groups excluding carboxylic acids is 2. The quantitative estimate of drug-likeness (QED) is 0.719. The fraction of sp³-hybridized carbons (Fsp3) is 0.435. The van der Waals surface area contributed by atoms with Gasteiger partial charge in [0.05, 0.1) is 31.8 Å². The number of rotatable bonds is 7. The molecule has 8 nitrogen and oxygen atoms in total. The van der Waals surface area contributed by atoms with Crippen LogP contribution >= 0.6 is 0 Å². The molecule has 0 saturated carbocycles. The van der Waals surface area contributed by atoms with E-state index in [9.17, 15) is 9.59 Å². The molecular formula is C23H27N3O5. The number of nitrogens with one attached hydrogen (secondary N) is 1. The molecule has 0 unspecified atom stereocenters. The van der Waals surface area contributed by atoms with Crippen LogP contribution in [0.2, 0.25) is 0 Å². The summed E-state index contributed by atoms with van der Waals surface area (Å²) in [6.45, 7) is 1.51. The highest BCUT2D eigenvalue weighted by molar-refractivity contribution is 5.96. The number of hydrogen-bond donors (Lipinski definition) is 1. The van der Waals surface area contributed by atoms with Gasteiger partial charge >= 0.3 is 0 Å². The molecule has 0 aliphatic carbocycles. The van der Waals surface area contributed by atoms with Crippen LogP contribution in [0, 0.1) is 5.41 Å². The molecule has 2 aliphatic heterocycles. The molecule has 2 saturated heterocycles. The Bertz CT molecular complexity index is 930. The van der Waals surface area contributed by atoms with Gasteiger partial charge in [0.1, 0.15) is 17.5 Å². The third-order valence-electron chi connectivity index (χ3n) is 5.98. The molecule has 2 fully saturated rings. The van der Waals surface area contributed by atoms with Gasteiger partial charge in [0, 0.05) is 32.5 Å². The van der Waals surface area contributed by atoms with Gasteiger partial charge in [-0.1, -0.05) is 30.3 Å². The molecule has 2 aromatic rings. The van der Waals surface area contributed by atoms with Crippen molar-refractivity contribution in [3.63, 3.8) is 0 Å². The van der Waals surface area contributed by atoms with Crippen LogP contribution in [-0.4, -0.2) is 74.4 Å². The van der Waals surface area contributed by atoms with E-state index in [-0.39, 0.29) is 24.0 Å². The first-order valence-corrected chi connectivity index (χ1v) is 10.3. The third-order valence-corrected chi connectivity index (χ3v) is 5.98. The van der Waals surface area contributed by atoms with Gasteiger partial charge in [-0.05, 0) is 18.1 Å². The highest BCUT2D eigenvalue weighted by Gasteiger charge is 2.52. The van der Waals surface area contributed by atoms with Crippen LogP contribution in [0.15, 0.2) is 48.7 Å². The van der Waals surface area contributed by atoms with Crippen molar-refractivity contribution in [2.24, 2.45) is 5.41 Å². The summed E-state index contributed by atoms with van der Waals surface area (Å²) in [7, 11) is 3.16. The van der Waals surface area contributed by atoms with Gasteiger partial charge in [-0.25, -0.2) is 0 Å². The van der Waals surface area contributed by atoms with Crippen LogP contribution in [0.3, 0.4) is 0 Å². The lowest BCUT2D eigenvalue weighted by molar-refractivity contribution is -0.140. The van der Waals surface area contributed by atoms with Crippen molar-refractivity contribution >= 4 is 11.8 Å². The summed E-state index contributed by atoms with van der Waals surface area (Å²) in [5, 5.41) is 3.10. The summed E-state index contributed by atoms with van der Waals surface area (Å²) >= 11 is 0. The van der Waals surface area contributed by atoms with Crippen LogP contribution in [0.4, 0.5) is 0 Å². The average molecular weight is 425 g/mol. The zero-order chi connectivity index (χ0) is 21.8. The Morgan fingerprint density at radius 1 is 1.19 bits per heavy atom. The number of nitrogens with zero attached hydrogens (tertiary/aromatic N) is 2. The molecule has 31 heavy (non-hydrogen) atoms. The summed E-state index contributed by atoms with van der Waals surface area (Å²) in [6, 6.07) is 13.0. The summed E-state index contributed by atoms with van der Waals surface area (Å²) < 4.78 is 16.1. The zero-order valence-corrected chi connectivity index (χ0v) is 17.7. The topological polar surface area (TPSA) is 90.0 Å². The standard InChI is InChI=1S/C23H27N3O5/c1-29-17-8-9-24-18(10-17)21(27)26-14-23(15-26,11-16-6-4-3-5-7-16)22(28)25-19-12-31-13-20(19)30-2/h3-10,19-20H,11-15H2,1-2H3,(H,25,28)/t19-,20+/m0/s1. The first-order chi connectivity index (χ1) is 15.0. The lowest BCUT2D eigenvalue weighted by Gasteiger charge is -2.49. The second kappa shape index (κ2) is 9.03. The molecule has 2 aliphatic rings. The molecule has 3 heterocycles. The van der Waals surface area contributed by atoms with Crippen molar-refractivity contribution in [3.8, 4) is 5.75 Å². The minimum atomic E-state index is -0.712. The van der Waals surface area contributed by atoms with E-state index >= 15 is 0 Å². The average Bonchev–Trinajstić information content (AvgIpc) is 3.23. The highest BCUT2D eigenvalue weighted by Crippen LogP contribution is 2.36. The Morgan fingerprint density at radius 3 is 2.68 bits per heavy atom. The first-order valence-electron chi connectivity index (χ1n) is 10.3. The molecule has 8 heteroatoms. The normalized spacial score (nSPS) is 21.9. The SMILES string of the molecule is COc1ccnc(C(=O)N2CC(Cc3ccccc3)(C(=O)N[C@H]3COC[C@H]3OC)C2)c1. The van der Waals surface area contributed by atoms with Gasteiger partial charge in [0.2, 0.25) is 5.91 Å². The molecule has 164 valence electrons. The van der Waals surface area contributed by atoms with Crippen molar-refractivity contribution in [1.82, 2.24) is 15.2 Å². The van der Waals surface area contributed by atoms with E-state index in [2.05, 4.69) is 10.3 Å². The Balaban J connectivity index is 1.51. The maximum Gasteiger partial charge on any atom is 0.272 e. The van der Waals surface area contributed by atoms with E-state index in [1.807, 2.05) is 30.3 Å². The van der Waals surface area contributed by atoms with E-state index in [4.69, 9.17) is 14.2 Å². The number of pyridine rings is 1. The summed E-state index contributed by atoms with van der Waals surface area (Å²) in [5.41, 5.74) is 0.642. The monoisotopic (exact) mass is 425 g/mol. The molecule has 2 atom stereocenters. The maximum atomic E-state index is 13.4. The molecule has 0 bridgehead atoms. The molecule has 0 radical (unpaired) electrons. The number of benzene rings is 1. The van der Waals surface area contributed by atoms with Gasteiger partial charge in [0.15, 0.2) is 0 Å². The maximum absolute atomic E-state index is 13.4. The largest absolute Gasteiger partial charge is 0.497 e. The molecule has 1 aromatic heterocycles. The molecule has 1 aromatic carbocycles. The summed E-state index contributed by atoms with van der Waals surface area (Å²) in [5.74, 6) is 0.268. The smallest absolute Gasteiger partial charge is 0.272 e. The lowest BCUT2D eigenvalue weighted by Crippen LogP contribution is -2.67. The lowest BCUT2D eigenvalue weighted by atomic mass is 9.73. The number of ether oxygens (including phenoxy) is 3. The van der Waals surface area contributed by atoms with Gasteiger partial charge in [-0.2, -0.15) is 0 Å². The van der Waals surface area contributed by atoms with Crippen molar-refractivity contribution in [1.29, 1.82) is 0 Å². The number of amides is 2. The second-order valence-electron chi connectivity index (χ2n) is 8.08. The van der Waals surface area contributed by atoms with E-state index in [1.54, 1.807) is 37.4 Å². The minimum Gasteiger partial charge on any atom is -0.497 e. The third kappa shape index (κ3) is 4.40. The number of likely N-dealkylation sites (tertiary alicyclic amines) is 1. The fourth-order valence-electron chi connectivity index (χ4n) is 4.19. The van der Waals surface area contributed by atoms with Gasteiger partial charge in [-0.15, -0.1) is 0 Å². The van der Waals surface area contributed by atoms with Crippen LogP contribution in [0.5, 0.6) is 5.75 Å². The number of hydrogen-bond acceptors (Lipinski definition) is 6. The van der Waals surface area contributed by atoms with Crippen molar-refractivity contribution in [2.75, 3.05) is 40.5 Å². The van der Waals surface area contributed by atoms with Crippen LogP contribution in [-0.2, 0) is 20.7 Å². The van der Waals surface area contributed by atoms with E-state index in [1.165, 1.54) is 0 Å². The summed E-state index contributed by atoms with van der Waals surface area (Å²) in [6.07, 6.45) is 1.91. The van der Waals surface area contributed by atoms with Crippen LogP contribution in [0.1, 0.15) is 16.1 Å². The number of carbonyl (C=O) groups is 2. The molecule has 1 N–H and O–H groups in total. The number of aromatic nitrogens is 1. The molecule has 0 spiro atoms. The number of methoxy groups -OCH3 is 2. The van der Waals surface area contributed by atoms with Crippen molar-refractivity contribution < 1.29 is 23.8 Å². The Labute approximate surface area is 181 Å². The Hall–Kier alpha value is -2.97. The minimum absolute atomic E-state index is 0.0865. The van der Waals surface area contributed by atoms with Crippen molar-refractivity contribution in [2.45, 2.75) is 18.6 Å². The van der Waals surface area contributed by atoms with E-state index in [0.717, 1.165) is 5.56 Å². The fourth-order valence-corrected chi connectivity index (χ4v) is 4.19. The second-order valence-corrected chi connectivity index (χ2v) is 8.08. The molecule has 2 amide bonds. The highest BCUT2D eigenvalue weighted by atomic mass is 16.5. The van der Waals surface area contributed by atoms with Gasteiger partial charge in [-0.3, -0.25) is 14.6 Å². The first kappa shape index (κ1) is 21.3. The predicted molar refractivity (Wildman–Crippen MR) is 113 cm³/mol.